The number of hydrogen-bond acceptors (Lipinski definition) is 2. The van der Waals surface area contributed by atoms with E-state index in [4.69, 9.17) is 10.6 Å². The van der Waals surface area contributed by atoms with Crippen molar-refractivity contribution in [3.63, 3.8) is 0 Å². The SMILES string of the molecule is C=CC[C@@H](O)CN=[N+]=[N-]. The average molecular weight is 127 g/mol. The molecule has 0 unspecified atom stereocenters. The highest BCUT2D eigenvalue weighted by Crippen LogP contribution is 1.91. The van der Waals surface area contributed by atoms with E-state index in [1.165, 1.54) is 0 Å². The Balaban J connectivity index is 3.36. The van der Waals surface area contributed by atoms with Crippen molar-refractivity contribution >= 4 is 0 Å². The van der Waals surface area contributed by atoms with Gasteiger partial charge in [-0.1, -0.05) is 11.2 Å². The fourth-order valence-electron chi connectivity index (χ4n) is 0.398. The predicted octanol–water partition coefficient (Wildman–Crippen LogP) is 1.23. The van der Waals surface area contributed by atoms with Crippen molar-refractivity contribution in [2.45, 2.75) is 12.5 Å². The smallest absolute Gasteiger partial charge is 0.0630 e. The van der Waals surface area contributed by atoms with Gasteiger partial charge in [0.15, 0.2) is 0 Å². The minimum atomic E-state index is -0.571. The van der Waals surface area contributed by atoms with Crippen LogP contribution in [0.5, 0.6) is 0 Å². The first-order chi connectivity index (χ1) is 4.31. The van der Waals surface area contributed by atoms with E-state index in [-0.39, 0.29) is 6.54 Å². The van der Waals surface area contributed by atoms with E-state index in [0.29, 0.717) is 6.42 Å². The molecule has 0 aromatic carbocycles. The second-order valence-corrected chi connectivity index (χ2v) is 1.59. The van der Waals surface area contributed by atoms with Crippen LogP contribution in [0.15, 0.2) is 17.8 Å². The summed E-state index contributed by atoms with van der Waals surface area (Å²) >= 11 is 0. The first-order valence-electron chi connectivity index (χ1n) is 2.61. The third-order valence-corrected chi connectivity index (χ3v) is 0.794. The Kier molecular flexibility index (Phi) is 4.59. The Hall–Kier alpha value is -0.990. The van der Waals surface area contributed by atoms with E-state index in [2.05, 4.69) is 16.6 Å². The summed E-state index contributed by atoms with van der Waals surface area (Å²) in [5.41, 5.74) is 7.80. The van der Waals surface area contributed by atoms with Crippen LogP contribution in [0.1, 0.15) is 6.42 Å². The van der Waals surface area contributed by atoms with Crippen molar-refractivity contribution in [3.05, 3.63) is 23.1 Å². The predicted molar refractivity (Wildman–Crippen MR) is 34.8 cm³/mol. The molecule has 0 aliphatic carbocycles. The number of rotatable bonds is 4. The largest absolute Gasteiger partial charge is 0.393 e. The molecule has 0 aromatic rings. The molecule has 9 heavy (non-hydrogen) atoms. The first kappa shape index (κ1) is 8.01. The molecule has 0 heterocycles. The van der Waals surface area contributed by atoms with Crippen LogP contribution in [0.4, 0.5) is 0 Å². The fourth-order valence-corrected chi connectivity index (χ4v) is 0.398. The Morgan fingerprint density at radius 3 is 3.00 bits per heavy atom. The maximum absolute atomic E-state index is 8.84. The van der Waals surface area contributed by atoms with E-state index in [1.807, 2.05) is 0 Å². The maximum Gasteiger partial charge on any atom is 0.0630 e. The zero-order valence-corrected chi connectivity index (χ0v) is 5.06. The second-order valence-electron chi connectivity index (χ2n) is 1.59. The number of aliphatic hydroxyl groups excluding tert-OH is 1. The van der Waals surface area contributed by atoms with Crippen LogP contribution < -0.4 is 0 Å². The molecule has 0 saturated carbocycles. The van der Waals surface area contributed by atoms with Gasteiger partial charge in [0, 0.05) is 4.91 Å². The first-order valence-corrected chi connectivity index (χ1v) is 2.61. The Morgan fingerprint density at radius 1 is 1.89 bits per heavy atom. The van der Waals surface area contributed by atoms with Crippen LogP contribution in [0.25, 0.3) is 10.4 Å². The van der Waals surface area contributed by atoms with Gasteiger partial charge in [-0.2, -0.15) is 0 Å². The third-order valence-electron chi connectivity index (χ3n) is 0.794. The van der Waals surface area contributed by atoms with E-state index in [9.17, 15) is 0 Å². The molecule has 0 aromatic heterocycles. The lowest BCUT2D eigenvalue weighted by Gasteiger charge is -1.99. The molecule has 0 rings (SSSR count). The highest BCUT2D eigenvalue weighted by atomic mass is 16.3. The van der Waals surface area contributed by atoms with Crippen molar-refractivity contribution in [3.8, 4) is 0 Å². The summed E-state index contributed by atoms with van der Waals surface area (Å²) in [5.74, 6) is 0. The van der Waals surface area contributed by atoms with Crippen LogP contribution >= 0.6 is 0 Å². The summed E-state index contributed by atoms with van der Waals surface area (Å²) < 4.78 is 0. The standard InChI is InChI=1S/C5H9N3O/c1-2-3-5(9)4-7-8-6/h2,5,9H,1,3-4H2/t5-/m1/s1. The van der Waals surface area contributed by atoms with E-state index >= 15 is 0 Å². The van der Waals surface area contributed by atoms with Crippen LogP contribution in [-0.4, -0.2) is 17.8 Å². The Bertz CT molecular complexity index is 128. The van der Waals surface area contributed by atoms with Gasteiger partial charge in [0.25, 0.3) is 0 Å². The van der Waals surface area contributed by atoms with Gasteiger partial charge in [-0.15, -0.1) is 6.58 Å². The van der Waals surface area contributed by atoms with E-state index in [0.717, 1.165) is 0 Å². The molecular formula is C5H9N3O. The molecule has 1 N–H and O–H groups in total. The fraction of sp³-hybridized carbons (Fsp3) is 0.600. The van der Waals surface area contributed by atoms with Crippen molar-refractivity contribution in [2.75, 3.05) is 6.54 Å². The molecule has 0 saturated heterocycles. The summed E-state index contributed by atoms with van der Waals surface area (Å²) in [6.45, 7) is 3.54. The molecule has 4 heteroatoms. The third kappa shape index (κ3) is 4.87. The van der Waals surface area contributed by atoms with Crippen molar-refractivity contribution in [1.82, 2.24) is 0 Å². The Labute approximate surface area is 53.4 Å². The molecule has 0 amide bonds. The highest BCUT2D eigenvalue weighted by Gasteiger charge is 1.96. The zero-order valence-electron chi connectivity index (χ0n) is 5.06. The molecule has 0 aliphatic heterocycles. The lowest BCUT2D eigenvalue weighted by Crippen LogP contribution is -2.07. The molecule has 0 spiro atoms. The van der Waals surface area contributed by atoms with Crippen molar-refractivity contribution < 1.29 is 5.11 Å². The molecule has 0 bridgehead atoms. The Morgan fingerprint density at radius 2 is 2.56 bits per heavy atom. The van der Waals surface area contributed by atoms with E-state index in [1.54, 1.807) is 6.08 Å². The summed E-state index contributed by atoms with van der Waals surface area (Å²) in [5, 5.41) is 12.0. The average Bonchev–Trinajstić information content (AvgIpc) is 1.85. The number of nitrogens with zero attached hydrogens (tertiary/aromatic N) is 3. The normalized spacial score (nSPS) is 11.7. The maximum atomic E-state index is 8.84. The van der Waals surface area contributed by atoms with Gasteiger partial charge in [-0.25, -0.2) is 0 Å². The number of azide groups is 1. The van der Waals surface area contributed by atoms with Crippen LogP contribution in [-0.2, 0) is 0 Å². The van der Waals surface area contributed by atoms with E-state index < -0.39 is 6.10 Å². The number of hydrogen-bond donors (Lipinski definition) is 1. The second kappa shape index (κ2) is 5.15. The van der Waals surface area contributed by atoms with Crippen LogP contribution in [0.2, 0.25) is 0 Å². The highest BCUT2D eigenvalue weighted by molar-refractivity contribution is 4.73. The van der Waals surface area contributed by atoms with Crippen molar-refractivity contribution in [2.24, 2.45) is 5.11 Å². The van der Waals surface area contributed by atoms with Gasteiger partial charge in [-0.05, 0) is 12.0 Å². The summed E-state index contributed by atoms with van der Waals surface area (Å²) in [6, 6.07) is 0. The van der Waals surface area contributed by atoms with Gasteiger partial charge in [0.1, 0.15) is 0 Å². The quantitative estimate of drug-likeness (QED) is 0.262. The lowest BCUT2D eigenvalue weighted by molar-refractivity contribution is 0.186. The minimum Gasteiger partial charge on any atom is -0.393 e. The monoisotopic (exact) mass is 127 g/mol. The topological polar surface area (TPSA) is 69.0 Å². The molecule has 0 radical (unpaired) electrons. The summed E-state index contributed by atoms with van der Waals surface area (Å²) in [7, 11) is 0. The molecule has 0 fully saturated rings. The van der Waals surface area contributed by atoms with Gasteiger partial charge in [0.2, 0.25) is 0 Å². The molecular weight excluding hydrogens is 118 g/mol. The van der Waals surface area contributed by atoms with Crippen molar-refractivity contribution in [1.29, 1.82) is 0 Å². The van der Waals surface area contributed by atoms with Gasteiger partial charge in [0.05, 0.1) is 12.6 Å². The lowest BCUT2D eigenvalue weighted by atomic mass is 10.2. The summed E-state index contributed by atoms with van der Waals surface area (Å²) in [4.78, 5) is 2.49. The van der Waals surface area contributed by atoms with Gasteiger partial charge < -0.3 is 5.11 Å². The number of aliphatic hydroxyl groups is 1. The van der Waals surface area contributed by atoms with Gasteiger partial charge in [-0.3, -0.25) is 0 Å². The molecule has 4 nitrogen and oxygen atoms in total. The van der Waals surface area contributed by atoms with Crippen LogP contribution in [0, 0.1) is 0 Å². The van der Waals surface area contributed by atoms with Crippen LogP contribution in [0.3, 0.4) is 0 Å². The molecule has 0 aliphatic rings. The molecule has 1 atom stereocenters. The summed E-state index contributed by atoms with van der Waals surface area (Å²) in [6.07, 6.45) is 1.48. The minimum absolute atomic E-state index is 0.127. The van der Waals surface area contributed by atoms with Gasteiger partial charge >= 0.3 is 0 Å². The zero-order chi connectivity index (χ0) is 7.11. The molecule has 50 valence electrons.